The van der Waals surface area contributed by atoms with Crippen molar-refractivity contribution in [3.8, 4) is 0 Å². The summed E-state index contributed by atoms with van der Waals surface area (Å²) in [5.74, 6) is -2.24. The van der Waals surface area contributed by atoms with E-state index in [0.29, 0.717) is 5.56 Å². The van der Waals surface area contributed by atoms with Crippen molar-refractivity contribution in [2.45, 2.75) is 6.42 Å². The van der Waals surface area contributed by atoms with E-state index in [-0.39, 0.29) is 24.6 Å². The number of carbonyl (C=O) groups excluding carboxylic acids is 2. The van der Waals surface area contributed by atoms with Crippen LogP contribution < -0.4 is 10.6 Å². The third-order valence-corrected chi connectivity index (χ3v) is 3.25. The van der Waals surface area contributed by atoms with Crippen LogP contribution in [0.25, 0.3) is 0 Å². The number of halogens is 2. The SMILES string of the molecule is O=C(CCNC(=O)c1ccsc1)Nc1cc(F)cc(F)c1. The average Bonchev–Trinajstić information content (AvgIpc) is 2.90. The lowest BCUT2D eigenvalue weighted by Gasteiger charge is -2.06. The van der Waals surface area contributed by atoms with E-state index >= 15 is 0 Å². The molecule has 4 nitrogen and oxygen atoms in total. The Morgan fingerprint density at radius 1 is 1.14 bits per heavy atom. The number of benzene rings is 1. The normalized spacial score (nSPS) is 10.2. The van der Waals surface area contributed by atoms with Gasteiger partial charge in [0, 0.05) is 35.7 Å². The number of carbonyl (C=O) groups is 2. The molecule has 0 saturated carbocycles. The number of anilines is 1. The number of nitrogens with one attached hydrogen (secondary N) is 2. The Morgan fingerprint density at radius 3 is 2.48 bits per heavy atom. The van der Waals surface area contributed by atoms with Crippen molar-refractivity contribution in [3.63, 3.8) is 0 Å². The Hall–Kier alpha value is -2.28. The van der Waals surface area contributed by atoms with Crippen molar-refractivity contribution in [2.75, 3.05) is 11.9 Å². The maximum Gasteiger partial charge on any atom is 0.252 e. The monoisotopic (exact) mass is 310 g/mol. The quantitative estimate of drug-likeness (QED) is 0.892. The van der Waals surface area contributed by atoms with E-state index in [9.17, 15) is 18.4 Å². The van der Waals surface area contributed by atoms with Gasteiger partial charge in [-0.05, 0) is 23.6 Å². The minimum absolute atomic E-state index is 0.00795. The van der Waals surface area contributed by atoms with E-state index in [4.69, 9.17) is 0 Å². The van der Waals surface area contributed by atoms with Gasteiger partial charge in [-0.25, -0.2) is 8.78 Å². The molecule has 0 aliphatic rings. The molecular weight excluding hydrogens is 298 g/mol. The average molecular weight is 310 g/mol. The van der Waals surface area contributed by atoms with Crippen molar-refractivity contribution < 1.29 is 18.4 Å². The summed E-state index contributed by atoms with van der Waals surface area (Å²) in [5, 5.41) is 8.42. The number of hydrogen-bond donors (Lipinski definition) is 2. The lowest BCUT2D eigenvalue weighted by atomic mass is 10.2. The Kier molecular flexibility index (Phi) is 4.99. The summed E-state index contributed by atoms with van der Waals surface area (Å²) in [6, 6.07) is 4.43. The fourth-order valence-corrected chi connectivity index (χ4v) is 2.27. The van der Waals surface area contributed by atoms with Crippen molar-refractivity contribution in [1.29, 1.82) is 0 Å². The Bertz CT molecular complexity index is 624. The Labute approximate surface area is 123 Å². The van der Waals surface area contributed by atoms with Crippen LogP contribution in [0.4, 0.5) is 14.5 Å². The van der Waals surface area contributed by atoms with E-state index in [1.54, 1.807) is 16.8 Å². The first kappa shape index (κ1) is 15.1. The molecule has 2 N–H and O–H groups in total. The predicted octanol–water partition coefficient (Wildman–Crippen LogP) is 2.78. The number of rotatable bonds is 5. The van der Waals surface area contributed by atoms with Gasteiger partial charge in [0.15, 0.2) is 0 Å². The third-order valence-electron chi connectivity index (χ3n) is 2.57. The van der Waals surface area contributed by atoms with E-state index in [1.807, 2.05) is 0 Å². The number of thiophene rings is 1. The van der Waals surface area contributed by atoms with Crippen LogP contribution in [0.3, 0.4) is 0 Å². The van der Waals surface area contributed by atoms with Gasteiger partial charge in [0.2, 0.25) is 5.91 Å². The van der Waals surface area contributed by atoms with Crippen molar-refractivity contribution in [2.24, 2.45) is 0 Å². The zero-order chi connectivity index (χ0) is 15.2. The van der Waals surface area contributed by atoms with Crippen LogP contribution >= 0.6 is 11.3 Å². The van der Waals surface area contributed by atoms with Gasteiger partial charge in [-0.3, -0.25) is 9.59 Å². The molecule has 0 radical (unpaired) electrons. The molecule has 1 aromatic carbocycles. The van der Waals surface area contributed by atoms with Crippen molar-refractivity contribution in [3.05, 3.63) is 52.2 Å². The van der Waals surface area contributed by atoms with E-state index in [1.165, 1.54) is 11.3 Å². The molecule has 0 aliphatic carbocycles. The van der Waals surface area contributed by atoms with Gasteiger partial charge in [0.1, 0.15) is 11.6 Å². The maximum atomic E-state index is 12.9. The largest absolute Gasteiger partial charge is 0.351 e. The lowest BCUT2D eigenvalue weighted by molar-refractivity contribution is -0.116. The molecule has 7 heteroatoms. The first-order valence-corrected chi connectivity index (χ1v) is 7.05. The first-order chi connectivity index (χ1) is 10.0. The molecule has 0 atom stereocenters. The van der Waals surface area contributed by atoms with Gasteiger partial charge in [-0.2, -0.15) is 11.3 Å². The number of amides is 2. The second-order valence-electron chi connectivity index (χ2n) is 4.22. The smallest absolute Gasteiger partial charge is 0.252 e. The van der Waals surface area contributed by atoms with E-state index in [0.717, 1.165) is 18.2 Å². The third kappa shape index (κ3) is 4.64. The highest BCUT2D eigenvalue weighted by Crippen LogP contribution is 2.13. The number of hydrogen-bond acceptors (Lipinski definition) is 3. The van der Waals surface area contributed by atoms with Gasteiger partial charge < -0.3 is 10.6 Å². The highest BCUT2D eigenvalue weighted by atomic mass is 32.1. The van der Waals surface area contributed by atoms with Crippen molar-refractivity contribution in [1.82, 2.24) is 5.32 Å². The molecule has 0 saturated heterocycles. The molecule has 0 fully saturated rings. The van der Waals surface area contributed by atoms with E-state index < -0.39 is 17.5 Å². The molecule has 110 valence electrons. The Morgan fingerprint density at radius 2 is 1.86 bits per heavy atom. The fourth-order valence-electron chi connectivity index (χ4n) is 1.63. The maximum absolute atomic E-state index is 12.9. The van der Waals surface area contributed by atoms with Crippen LogP contribution in [0, 0.1) is 11.6 Å². The molecule has 0 bridgehead atoms. The van der Waals surface area contributed by atoms with Crippen LogP contribution in [0.5, 0.6) is 0 Å². The molecule has 2 rings (SSSR count). The van der Waals surface area contributed by atoms with E-state index in [2.05, 4.69) is 10.6 Å². The fraction of sp³-hybridized carbons (Fsp3) is 0.143. The molecule has 0 spiro atoms. The molecule has 0 aliphatic heterocycles. The molecule has 0 unspecified atom stereocenters. The Balaban J connectivity index is 1.78. The molecule has 2 amide bonds. The minimum atomic E-state index is -0.768. The van der Waals surface area contributed by atoms with Gasteiger partial charge in [0.05, 0.1) is 0 Å². The zero-order valence-corrected chi connectivity index (χ0v) is 11.7. The summed E-state index contributed by atoms with van der Waals surface area (Å²) in [4.78, 5) is 23.2. The summed E-state index contributed by atoms with van der Waals surface area (Å²) in [6.07, 6.45) is 0.00795. The summed E-state index contributed by atoms with van der Waals surface area (Å²) in [6.45, 7) is 0.137. The summed E-state index contributed by atoms with van der Waals surface area (Å²) in [7, 11) is 0. The van der Waals surface area contributed by atoms with Gasteiger partial charge in [-0.15, -0.1) is 0 Å². The highest BCUT2D eigenvalue weighted by molar-refractivity contribution is 7.08. The summed E-state index contributed by atoms with van der Waals surface area (Å²) >= 11 is 1.40. The molecular formula is C14H12F2N2O2S. The standard InChI is InChI=1S/C14H12F2N2O2S/c15-10-5-11(16)7-12(6-10)18-13(19)1-3-17-14(20)9-2-4-21-8-9/h2,4-8H,1,3H2,(H,17,20)(H,18,19). The summed E-state index contributed by atoms with van der Waals surface area (Å²) < 4.78 is 25.9. The molecule has 1 heterocycles. The predicted molar refractivity (Wildman–Crippen MR) is 76.3 cm³/mol. The van der Waals surface area contributed by atoms with Crippen LogP contribution in [-0.2, 0) is 4.79 Å². The van der Waals surface area contributed by atoms with Crippen molar-refractivity contribution >= 4 is 28.8 Å². The molecule has 21 heavy (non-hydrogen) atoms. The van der Waals surface area contributed by atoms with Gasteiger partial charge in [-0.1, -0.05) is 0 Å². The van der Waals surface area contributed by atoms with Crippen LogP contribution in [-0.4, -0.2) is 18.4 Å². The molecule has 1 aromatic heterocycles. The second-order valence-corrected chi connectivity index (χ2v) is 5.00. The zero-order valence-electron chi connectivity index (χ0n) is 10.9. The van der Waals surface area contributed by atoms with Gasteiger partial charge in [0.25, 0.3) is 5.91 Å². The van der Waals surface area contributed by atoms with Gasteiger partial charge >= 0.3 is 0 Å². The molecule has 2 aromatic rings. The first-order valence-electron chi connectivity index (χ1n) is 6.11. The van der Waals surface area contributed by atoms with Crippen LogP contribution in [0.15, 0.2) is 35.0 Å². The summed E-state index contributed by atoms with van der Waals surface area (Å²) in [5.41, 5.74) is 0.578. The van der Waals surface area contributed by atoms with Crippen LogP contribution in [0.2, 0.25) is 0 Å². The minimum Gasteiger partial charge on any atom is -0.351 e. The topological polar surface area (TPSA) is 58.2 Å². The van der Waals surface area contributed by atoms with Crippen LogP contribution in [0.1, 0.15) is 16.8 Å². The lowest BCUT2D eigenvalue weighted by Crippen LogP contribution is -2.27. The second kappa shape index (κ2) is 6.94. The highest BCUT2D eigenvalue weighted by Gasteiger charge is 2.08.